The summed E-state index contributed by atoms with van der Waals surface area (Å²) in [6, 6.07) is -4.84. The predicted octanol–water partition coefficient (Wildman–Crippen LogP) is 2.62. The SMILES string of the molecule is CCC[C@H](NC(=O)[C@@H]1[C@H]2CCC(F)(F)[C@H]2CN1C(=O)[C@@H](NC(=O)[C@@H](NC(=O)c1ncc[nH]1)C1CCCCC1)C(C)(C)C)C(=O)C(=O)NC1CC1. The number of ketones is 1. The van der Waals surface area contributed by atoms with Crippen LogP contribution in [0.3, 0.4) is 0 Å². The molecule has 0 radical (unpaired) electrons. The number of carbonyl (C=O) groups excluding carboxylic acids is 6. The summed E-state index contributed by atoms with van der Waals surface area (Å²) in [5.41, 5.74) is -0.933. The quantitative estimate of drug-likeness (QED) is 0.196. The van der Waals surface area contributed by atoms with E-state index >= 15 is 8.78 Å². The van der Waals surface area contributed by atoms with Crippen LogP contribution in [0.4, 0.5) is 8.78 Å². The number of likely N-dealkylation sites (tertiary alicyclic amines) is 1. The molecule has 4 fully saturated rings. The number of aromatic amines is 1. The molecule has 5 rings (SSSR count). The van der Waals surface area contributed by atoms with Gasteiger partial charge in [-0.2, -0.15) is 0 Å². The topological polar surface area (TPSA) is 182 Å². The molecule has 50 heavy (non-hydrogen) atoms. The number of rotatable bonds is 13. The van der Waals surface area contributed by atoms with Gasteiger partial charge < -0.3 is 31.2 Å². The Balaban J connectivity index is 1.39. The maximum Gasteiger partial charge on any atom is 0.289 e. The first-order valence-electron chi connectivity index (χ1n) is 18.1. The van der Waals surface area contributed by atoms with Gasteiger partial charge in [-0.05, 0) is 55.8 Å². The molecule has 6 atom stereocenters. The van der Waals surface area contributed by atoms with E-state index in [4.69, 9.17) is 0 Å². The second-order valence-corrected chi connectivity index (χ2v) is 15.6. The Labute approximate surface area is 291 Å². The first-order chi connectivity index (χ1) is 23.6. The average molecular weight is 704 g/mol. The second-order valence-electron chi connectivity index (χ2n) is 15.6. The predicted molar refractivity (Wildman–Crippen MR) is 177 cm³/mol. The van der Waals surface area contributed by atoms with Gasteiger partial charge in [-0.1, -0.05) is 53.4 Å². The van der Waals surface area contributed by atoms with Crippen molar-refractivity contribution in [1.82, 2.24) is 36.1 Å². The summed E-state index contributed by atoms with van der Waals surface area (Å²) in [5, 5.41) is 10.9. The van der Waals surface area contributed by atoms with Crippen LogP contribution in [0.5, 0.6) is 0 Å². The molecule has 3 saturated carbocycles. The fraction of sp³-hybridized carbons (Fsp3) is 0.743. The van der Waals surface area contributed by atoms with Crippen molar-refractivity contribution in [3.63, 3.8) is 0 Å². The Morgan fingerprint density at radius 3 is 2.30 bits per heavy atom. The molecule has 0 spiro atoms. The molecule has 15 heteroatoms. The van der Waals surface area contributed by atoms with Gasteiger partial charge in [0.2, 0.25) is 23.5 Å². The Morgan fingerprint density at radius 1 is 1.00 bits per heavy atom. The molecule has 0 aromatic carbocycles. The number of halogens is 2. The number of nitrogens with one attached hydrogen (secondary N) is 5. The molecule has 1 aliphatic heterocycles. The van der Waals surface area contributed by atoms with E-state index in [1.54, 1.807) is 27.7 Å². The van der Waals surface area contributed by atoms with Gasteiger partial charge in [0.05, 0.1) is 6.04 Å². The number of fused-ring (bicyclic) bond motifs is 1. The molecule has 276 valence electrons. The van der Waals surface area contributed by atoms with Crippen LogP contribution in [0, 0.1) is 23.2 Å². The van der Waals surface area contributed by atoms with Gasteiger partial charge in [0.25, 0.3) is 17.7 Å². The maximum absolute atomic E-state index is 15.2. The zero-order valence-electron chi connectivity index (χ0n) is 29.4. The minimum atomic E-state index is -3.12. The second kappa shape index (κ2) is 15.1. The van der Waals surface area contributed by atoms with Crippen molar-refractivity contribution in [2.24, 2.45) is 23.2 Å². The van der Waals surface area contributed by atoms with E-state index in [1.807, 2.05) is 0 Å². The largest absolute Gasteiger partial charge is 0.347 e. The van der Waals surface area contributed by atoms with E-state index in [-0.39, 0.29) is 30.6 Å². The minimum Gasteiger partial charge on any atom is -0.347 e. The van der Waals surface area contributed by atoms with Gasteiger partial charge in [0.1, 0.15) is 18.1 Å². The van der Waals surface area contributed by atoms with Crippen molar-refractivity contribution in [3.05, 3.63) is 18.2 Å². The van der Waals surface area contributed by atoms with Crippen LogP contribution in [-0.2, 0) is 24.0 Å². The van der Waals surface area contributed by atoms with Crippen LogP contribution in [0.15, 0.2) is 12.4 Å². The molecular weight excluding hydrogens is 652 g/mol. The van der Waals surface area contributed by atoms with Crippen LogP contribution >= 0.6 is 0 Å². The van der Waals surface area contributed by atoms with Crippen LogP contribution in [0.25, 0.3) is 0 Å². The fourth-order valence-corrected chi connectivity index (χ4v) is 7.79. The van der Waals surface area contributed by atoms with E-state index in [0.717, 1.165) is 37.0 Å². The van der Waals surface area contributed by atoms with Crippen molar-refractivity contribution in [2.75, 3.05) is 6.54 Å². The molecule has 0 unspecified atom stereocenters. The van der Waals surface area contributed by atoms with Crippen molar-refractivity contribution >= 4 is 35.3 Å². The zero-order valence-corrected chi connectivity index (χ0v) is 29.4. The van der Waals surface area contributed by atoms with Crippen molar-refractivity contribution in [2.45, 2.75) is 134 Å². The van der Waals surface area contributed by atoms with Crippen LogP contribution in [0.1, 0.15) is 109 Å². The van der Waals surface area contributed by atoms with Gasteiger partial charge in [0.15, 0.2) is 5.82 Å². The maximum atomic E-state index is 15.2. The van der Waals surface area contributed by atoms with Gasteiger partial charge in [-0.25, -0.2) is 13.8 Å². The number of alkyl halides is 2. The van der Waals surface area contributed by atoms with Crippen molar-refractivity contribution in [1.29, 1.82) is 0 Å². The van der Waals surface area contributed by atoms with Gasteiger partial charge in [0, 0.05) is 37.3 Å². The Bertz CT molecular complexity index is 1440. The number of carbonyl (C=O) groups is 6. The summed E-state index contributed by atoms with van der Waals surface area (Å²) in [5.74, 6) is -9.75. The third-order valence-electron chi connectivity index (χ3n) is 10.7. The van der Waals surface area contributed by atoms with Crippen LogP contribution in [0.2, 0.25) is 0 Å². The third kappa shape index (κ3) is 8.34. The zero-order chi connectivity index (χ0) is 36.4. The van der Waals surface area contributed by atoms with Gasteiger partial charge in [-0.15, -0.1) is 0 Å². The number of amides is 5. The number of nitrogens with zero attached hydrogens (tertiary/aromatic N) is 2. The summed E-state index contributed by atoms with van der Waals surface area (Å²) in [4.78, 5) is 89.2. The molecule has 4 aliphatic rings. The number of aromatic nitrogens is 2. The molecule has 0 bridgehead atoms. The number of hydrogen-bond acceptors (Lipinski definition) is 7. The van der Waals surface area contributed by atoms with E-state index in [0.29, 0.717) is 19.3 Å². The first kappa shape index (κ1) is 37.3. The standard InChI is InChI=1S/C35H51F2N7O6/c1-5-9-23(26(45)31(48)40-20-12-13-20)41-30(47)25-21-14-15-35(36,37)22(21)18-44(25)33(50)27(34(2,3)4)43-29(46)24(19-10-7-6-8-11-19)42-32(49)28-38-16-17-39-28/h16-17,19-25,27H,5-15,18H2,1-4H3,(H,38,39)(H,40,48)(H,41,47)(H,42,49)(H,43,46)/t21-,22-,23-,24-,25-,27+/m0/s1. The highest BCUT2D eigenvalue weighted by molar-refractivity contribution is 6.38. The minimum absolute atomic E-state index is 0.0107. The lowest BCUT2D eigenvalue weighted by atomic mass is 9.82. The Kier molecular flexibility index (Phi) is 11.3. The first-order valence-corrected chi connectivity index (χ1v) is 18.1. The molecule has 1 aromatic heterocycles. The molecule has 3 aliphatic carbocycles. The van der Waals surface area contributed by atoms with Crippen molar-refractivity contribution in [3.8, 4) is 0 Å². The van der Waals surface area contributed by atoms with Crippen LogP contribution < -0.4 is 21.3 Å². The van der Waals surface area contributed by atoms with Gasteiger partial charge in [-0.3, -0.25) is 28.8 Å². The smallest absolute Gasteiger partial charge is 0.289 e. The summed E-state index contributed by atoms with van der Waals surface area (Å²) >= 11 is 0. The fourth-order valence-electron chi connectivity index (χ4n) is 7.79. The van der Waals surface area contributed by atoms with Crippen molar-refractivity contribution < 1.29 is 37.5 Å². The number of H-pyrrole nitrogens is 1. The lowest BCUT2D eigenvalue weighted by Crippen LogP contribution is -2.62. The number of Topliss-reactive ketones (excluding diaryl/α,β-unsaturated/α-hetero) is 1. The monoisotopic (exact) mass is 703 g/mol. The molecule has 1 saturated heterocycles. The molecule has 2 heterocycles. The van der Waals surface area contributed by atoms with E-state index in [9.17, 15) is 28.8 Å². The Morgan fingerprint density at radius 2 is 1.70 bits per heavy atom. The molecular formula is C35H51F2N7O6. The lowest BCUT2D eigenvalue weighted by Gasteiger charge is -2.38. The number of imidazole rings is 1. The van der Waals surface area contributed by atoms with E-state index < -0.39 is 95.6 Å². The summed E-state index contributed by atoms with van der Waals surface area (Å²) < 4.78 is 30.4. The van der Waals surface area contributed by atoms with E-state index in [2.05, 4.69) is 31.2 Å². The molecule has 1 aromatic rings. The third-order valence-corrected chi connectivity index (χ3v) is 10.7. The summed E-state index contributed by atoms with van der Waals surface area (Å²) in [6.45, 7) is 6.55. The molecule has 5 amide bonds. The summed E-state index contributed by atoms with van der Waals surface area (Å²) in [7, 11) is 0. The van der Waals surface area contributed by atoms with Crippen LogP contribution in [-0.4, -0.2) is 92.9 Å². The normalized spacial score (nSPS) is 25.2. The highest BCUT2D eigenvalue weighted by Crippen LogP contribution is 2.51. The average Bonchev–Trinajstić information content (AvgIpc) is 3.43. The Hall–Kier alpha value is -3.91. The number of hydrogen-bond donors (Lipinski definition) is 5. The van der Waals surface area contributed by atoms with Gasteiger partial charge >= 0.3 is 0 Å². The van der Waals surface area contributed by atoms with E-state index in [1.165, 1.54) is 12.4 Å². The molecule has 13 nitrogen and oxygen atoms in total. The summed E-state index contributed by atoms with van der Waals surface area (Å²) in [6.07, 6.45) is 8.73. The highest BCUT2D eigenvalue weighted by atomic mass is 19.3. The lowest BCUT2D eigenvalue weighted by molar-refractivity contribution is -0.146. The molecule has 5 N–H and O–H groups in total. The highest BCUT2D eigenvalue weighted by Gasteiger charge is 2.61.